The summed E-state index contributed by atoms with van der Waals surface area (Å²) in [4.78, 5) is 29.4. The number of hydrogen-bond acceptors (Lipinski definition) is 5. The Morgan fingerprint density at radius 1 is 0.804 bits per heavy atom. The number of sulfonamides is 1. The van der Waals surface area contributed by atoms with Crippen LogP contribution in [-0.4, -0.2) is 50.5 Å². The molecule has 0 aliphatic heterocycles. The predicted molar refractivity (Wildman–Crippen MR) is 183 cm³/mol. The molecule has 0 heterocycles. The van der Waals surface area contributed by atoms with Crippen molar-refractivity contribution >= 4 is 39.1 Å². The van der Waals surface area contributed by atoms with Crippen LogP contribution >= 0.6 is 11.6 Å². The molecule has 1 N–H and O–H groups in total. The van der Waals surface area contributed by atoms with Gasteiger partial charge in [-0.15, -0.1) is 0 Å². The zero-order valence-corrected chi connectivity index (χ0v) is 27.9. The molecule has 0 aliphatic carbocycles. The molecule has 4 rings (SSSR count). The van der Waals surface area contributed by atoms with Gasteiger partial charge in [-0.1, -0.05) is 98.2 Å². The Hall–Kier alpha value is -4.34. The largest absolute Gasteiger partial charge is 0.489 e. The van der Waals surface area contributed by atoms with E-state index in [0.717, 1.165) is 27.3 Å². The summed E-state index contributed by atoms with van der Waals surface area (Å²) in [6, 6.07) is 31.8. The first-order valence-corrected chi connectivity index (χ1v) is 17.3. The molecule has 0 spiro atoms. The summed E-state index contributed by atoms with van der Waals surface area (Å²) in [6.45, 7) is 4.35. The number of benzene rings is 4. The minimum absolute atomic E-state index is 0.0759. The van der Waals surface area contributed by atoms with Gasteiger partial charge in [-0.25, -0.2) is 8.42 Å². The number of carbonyl (C=O) groups excluding carboxylic acids is 2. The number of hydrogen-bond donors (Lipinski definition) is 1. The molecule has 0 radical (unpaired) electrons. The Morgan fingerprint density at radius 3 is 1.96 bits per heavy atom. The topological polar surface area (TPSA) is 96.0 Å². The third-order valence-corrected chi connectivity index (χ3v) is 8.67. The van der Waals surface area contributed by atoms with Gasteiger partial charge < -0.3 is 15.0 Å². The van der Waals surface area contributed by atoms with E-state index in [4.69, 9.17) is 16.3 Å². The van der Waals surface area contributed by atoms with Crippen LogP contribution in [0.5, 0.6) is 5.75 Å². The fourth-order valence-electron chi connectivity index (χ4n) is 4.83. The Morgan fingerprint density at radius 2 is 1.39 bits per heavy atom. The second kappa shape index (κ2) is 16.3. The van der Waals surface area contributed by atoms with Crippen molar-refractivity contribution in [2.75, 3.05) is 23.7 Å². The highest BCUT2D eigenvalue weighted by Crippen LogP contribution is 2.24. The molecular formula is C36H40ClN3O5S. The fraction of sp³-hybridized carbons (Fsp3) is 0.278. The van der Waals surface area contributed by atoms with Crippen molar-refractivity contribution in [2.24, 2.45) is 5.92 Å². The fourth-order valence-corrected chi connectivity index (χ4v) is 5.80. The van der Waals surface area contributed by atoms with Crippen molar-refractivity contribution in [1.82, 2.24) is 10.2 Å². The van der Waals surface area contributed by atoms with E-state index in [0.29, 0.717) is 29.6 Å². The molecule has 0 saturated heterocycles. The van der Waals surface area contributed by atoms with E-state index in [2.05, 4.69) is 5.32 Å². The summed E-state index contributed by atoms with van der Waals surface area (Å²) >= 11 is 6.12. The van der Waals surface area contributed by atoms with Gasteiger partial charge in [0.15, 0.2) is 0 Å². The zero-order chi connectivity index (χ0) is 33.1. The molecule has 8 nitrogen and oxygen atoms in total. The van der Waals surface area contributed by atoms with Crippen LogP contribution in [0, 0.1) is 5.92 Å². The number of carbonyl (C=O) groups is 2. The number of rotatable bonds is 15. The average molecular weight is 662 g/mol. The second-order valence-electron chi connectivity index (χ2n) is 11.5. The summed E-state index contributed by atoms with van der Waals surface area (Å²) in [5, 5.41) is 3.52. The van der Waals surface area contributed by atoms with Gasteiger partial charge in [-0.3, -0.25) is 13.9 Å². The lowest BCUT2D eigenvalue weighted by molar-refractivity contribution is -0.140. The Labute approximate surface area is 277 Å². The third-order valence-electron chi connectivity index (χ3n) is 7.27. The van der Waals surface area contributed by atoms with Crippen LogP contribution in [0.3, 0.4) is 0 Å². The van der Waals surface area contributed by atoms with Crippen LogP contribution in [0.2, 0.25) is 5.02 Å². The molecule has 0 fully saturated rings. The normalized spacial score (nSPS) is 11.9. The van der Waals surface area contributed by atoms with Crippen LogP contribution in [0.25, 0.3) is 0 Å². The summed E-state index contributed by atoms with van der Waals surface area (Å²) < 4.78 is 33.1. The van der Waals surface area contributed by atoms with Crippen LogP contribution in [0.4, 0.5) is 5.69 Å². The molecule has 1 atom stereocenters. The molecule has 4 aromatic rings. The molecule has 4 aromatic carbocycles. The Balaban J connectivity index is 1.63. The van der Waals surface area contributed by atoms with Gasteiger partial charge in [0, 0.05) is 24.5 Å². The lowest BCUT2D eigenvalue weighted by Crippen LogP contribution is -2.53. The molecule has 10 heteroatoms. The monoisotopic (exact) mass is 661 g/mol. The van der Waals surface area contributed by atoms with Gasteiger partial charge in [0.2, 0.25) is 21.8 Å². The molecule has 242 valence electrons. The van der Waals surface area contributed by atoms with E-state index >= 15 is 0 Å². The quantitative estimate of drug-likeness (QED) is 0.166. The van der Waals surface area contributed by atoms with E-state index in [-0.39, 0.29) is 24.8 Å². The van der Waals surface area contributed by atoms with Crippen LogP contribution in [0.1, 0.15) is 30.5 Å². The molecule has 0 unspecified atom stereocenters. The zero-order valence-electron chi connectivity index (χ0n) is 26.3. The van der Waals surface area contributed by atoms with Crippen LogP contribution in [-0.2, 0) is 39.2 Å². The van der Waals surface area contributed by atoms with Crippen molar-refractivity contribution in [3.05, 3.63) is 131 Å². The maximum atomic E-state index is 14.2. The first kappa shape index (κ1) is 34.5. The van der Waals surface area contributed by atoms with Gasteiger partial charge in [0.1, 0.15) is 24.9 Å². The van der Waals surface area contributed by atoms with Crippen molar-refractivity contribution in [1.29, 1.82) is 0 Å². The van der Waals surface area contributed by atoms with E-state index < -0.39 is 28.5 Å². The number of amides is 2. The number of nitrogens with zero attached hydrogens (tertiary/aromatic N) is 2. The Bertz CT molecular complexity index is 1670. The lowest BCUT2D eigenvalue weighted by Gasteiger charge is -2.33. The van der Waals surface area contributed by atoms with Crippen molar-refractivity contribution < 1.29 is 22.7 Å². The first-order valence-electron chi connectivity index (χ1n) is 15.1. The van der Waals surface area contributed by atoms with Gasteiger partial charge in [-0.05, 0) is 59.0 Å². The van der Waals surface area contributed by atoms with E-state index in [1.807, 2.05) is 74.5 Å². The van der Waals surface area contributed by atoms with Gasteiger partial charge >= 0.3 is 0 Å². The average Bonchev–Trinajstić information content (AvgIpc) is 3.04. The molecule has 46 heavy (non-hydrogen) atoms. The molecule has 0 aliphatic rings. The number of ether oxygens (including phenoxy) is 1. The SMILES string of the molecule is CC(C)CNC(=O)[C@H](Cc1ccccc1)N(Cc1ccc(Cl)cc1)C(=O)CN(c1ccc(OCc2ccccc2)cc1)S(C)(=O)=O. The van der Waals surface area contributed by atoms with E-state index in [1.54, 1.807) is 48.5 Å². The summed E-state index contributed by atoms with van der Waals surface area (Å²) in [7, 11) is -3.89. The minimum atomic E-state index is -3.89. The van der Waals surface area contributed by atoms with Gasteiger partial charge in [0.05, 0.1) is 11.9 Å². The highest BCUT2D eigenvalue weighted by molar-refractivity contribution is 7.92. The van der Waals surface area contributed by atoms with Crippen molar-refractivity contribution in [3.8, 4) is 5.75 Å². The number of anilines is 1. The minimum Gasteiger partial charge on any atom is -0.489 e. The second-order valence-corrected chi connectivity index (χ2v) is 13.9. The predicted octanol–water partition coefficient (Wildman–Crippen LogP) is 6.10. The third kappa shape index (κ3) is 10.4. The van der Waals surface area contributed by atoms with Crippen LogP contribution in [0.15, 0.2) is 109 Å². The maximum absolute atomic E-state index is 14.2. The number of halogens is 1. The first-order chi connectivity index (χ1) is 22.0. The smallest absolute Gasteiger partial charge is 0.244 e. The lowest BCUT2D eigenvalue weighted by atomic mass is 10.0. The van der Waals surface area contributed by atoms with Crippen LogP contribution < -0.4 is 14.4 Å². The highest BCUT2D eigenvalue weighted by Gasteiger charge is 2.33. The Kier molecular flexibility index (Phi) is 12.2. The highest BCUT2D eigenvalue weighted by atomic mass is 35.5. The standard InChI is InChI=1S/C36H40ClN3O5S/c1-27(2)23-38-36(42)34(22-28-10-6-4-7-11-28)39(24-29-14-16-31(37)17-15-29)35(41)25-40(46(3,43)44)32-18-20-33(21-19-32)45-26-30-12-8-5-9-13-30/h4-21,27,34H,22-26H2,1-3H3,(H,38,42)/t34-/m0/s1. The van der Waals surface area contributed by atoms with E-state index in [1.165, 1.54) is 4.90 Å². The summed E-state index contributed by atoms with van der Waals surface area (Å²) in [6.07, 6.45) is 1.30. The number of nitrogens with one attached hydrogen (secondary N) is 1. The molecule has 0 aromatic heterocycles. The van der Waals surface area contributed by atoms with Gasteiger partial charge in [-0.2, -0.15) is 0 Å². The molecule has 2 amide bonds. The van der Waals surface area contributed by atoms with Gasteiger partial charge in [0.25, 0.3) is 0 Å². The summed E-state index contributed by atoms with van der Waals surface area (Å²) in [5.41, 5.74) is 2.92. The summed E-state index contributed by atoms with van der Waals surface area (Å²) in [5.74, 6) is -0.0836. The molecule has 0 saturated carbocycles. The van der Waals surface area contributed by atoms with E-state index in [9.17, 15) is 18.0 Å². The molecular weight excluding hydrogens is 622 g/mol. The van der Waals surface area contributed by atoms with Crippen molar-refractivity contribution in [3.63, 3.8) is 0 Å². The molecule has 0 bridgehead atoms. The maximum Gasteiger partial charge on any atom is 0.244 e. The van der Waals surface area contributed by atoms with Crippen molar-refractivity contribution in [2.45, 2.75) is 39.5 Å².